The Bertz CT molecular complexity index is 1630. The molecule has 1 saturated carbocycles. The second kappa shape index (κ2) is 15.5. The number of cyclic esters (lactones) is 1. The van der Waals surface area contributed by atoms with Crippen LogP contribution in [0.1, 0.15) is 72.1 Å². The lowest BCUT2D eigenvalue weighted by Gasteiger charge is -2.37. The van der Waals surface area contributed by atoms with Crippen molar-refractivity contribution in [2.45, 2.75) is 90.6 Å². The minimum absolute atomic E-state index is 0.000327. The van der Waals surface area contributed by atoms with Crippen molar-refractivity contribution in [2.24, 2.45) is 35.5 Å². The third kappa shape index (κ3) is 7.26. The van der Waals surface area contributed by atoms with E-state index in [1.54, 1.807) is 14.0 Å². The Hall–Kier alpha value is -3.96. The summed E-state index contributed by atoms with van der Waals surface area (Å²) in [7, 11) is 4.63. The van der Waals surface area contributed by atoms with Gasteiger partial charge in [0.2, 0.25) is 6.29 Å². The maximum atomic E-state index is 14.1. The van der Waals surface area contributed by atoms with E-state index in [2.05, 4.69) is 29.4 Å². The summed E-state index contributed by atoms with van der Waals surface area (Å²) in [6.45, 7) is 5.79. The maximum Gasteiger partial charge on any atom is 0.306 e. The van der Waals surface area contributed by atoms with Gasteiger partial charge in [-0.1, -0.05) is 37.6 Å². The summed E-state index contributed by atoms with van der Waals surface area (Å²) in [6.07, 6.45) is 10.2. The minimum atomic E-state index is -1.30. The van der Waals surface area contributed by atoms with Gasteiger partial charge < -0.3 is 28.8 Å². The molecule has 0 amide bonds. The van der Waals surface area contributed by atoms with Crippen molar-refractivity contribution in [1.29, 1.82) is 0 Å². The molecule has 9 atom stereocenters. The van der Waals surface area contributed by atoms with Crippen LogP contribution in [0.15, 0.2) is 59.7 Å². The Balaban J connectivity index is 1.37. The standard InChI is InChI=1S/C39H51N3O8/c1-7-25-11-9-8-10-22(2)37(44)33-18-29-28-16-27(50-39(45)38(48-6)23(3)46-4)17-32(28)35(19-30(29)31(33)20-36(43)49-25)42-21-34(40-41-42)24-12-14-26(47-5)15-13-24/h12-15,18-19,21-22,25,27-32,39,45H,7-11,16-17,20H2,1-6H3/b38-23+/t22-,25+,27+,28+,29?,30?,31+,32?,39+/m1/s1. The van der Waals surface area contributed by atoms with Crippen LogP contribution in [0, 0.1) is 35.5 Å². The van der Waals surface area contributed by atoms with E-state index in [0.29, 0.717) is 24.3 Å². The second-order valence-electron chi connectivity index (χ2n) is 14.2. The van der Waals surface area contributed by atoms with Crippen LogP contribution in [0.25, 0.3) is 17.0 Å². The number of carbonyl (C=O) groups is 2. The number of carbonyl (C=O) groups excluding carboxylic acids is 2. The van der Waals surface area contributed by atoms with Crippen LogP contribution in [0.4, 0.5) is 0 Å². The average molecular weight is 690 g/mol. The molecular formula is C39H51N3O8. The molecule has 270 valence electrons. The number of benzene rings is 1. The van der Waals surface area contributed by atoms with E-state index in [1.165, 1.54) is 14.2 Å². The highest BCUT2D eigenvalue weighted by Gasteiger charge is 2.53. The van der Waals surface area contributed by atoms with Crippen LogP contribution in [-0.4, -0.2) is 71.7 Å². The molecule has 1 aromatic carbocycles. The number of allylic oxidation sites excluding steroid dienone is 5. The Kier molecular flexibility index (Phi) is 11.1. The summed E-state index contributed by atoms with van der Waals surface area (Å²) < 4.78 is 30.2. The number of aliphatic hydroxyl groups is 1. The maximum absolute atomic E-state index is 14.1. The summed E-state index contributed by atoms with van der Waals surface area (Å²) >= 11 is 0. The van der Waals surface area contributed by atoms with Crippen molar-refractivity contribution < 1.29 is 38.4 Å². The lowest BCUT2D eigenvalue weighted by atomic mass is 9.69. The van der Waals surface area contributed by atoms with Gasteiger partial charge in [0.25, 0.3) is 0 Å². The van der Waals surface area contributed by atoms with Crippen LogP contribution in [0.5, 0.6) is 5.75 Å². The number of ketones is 1. The fourth-order valence-corrected chi connectivity index (χ4v) is 8.58. The molecule has 11 nitrogen and oxygen atoms in total. The van der Waals surface area contributed by atoms with E-state index in [9.17, 15) is 14.7 Å². The molecule has 4 aliphatic rings. The number of nitrogens with zero attached hydrogens (tertiary/aromatic N) is 3. The molecule has 1 aromatic heterocycles. The largest absolute Gasteiger partial charge is 0.498 e. The smallest absolute Gasteiger partial charge is 0.306 e. The van der Waals surface area contributed by atoms with Gasteiger partial charge in [-0.05, 0) is 93.0 Å². The Morgan fingerprint density at radius 3 is 2.48 bits per heavy atom. The number of esters is 1. The monoisotopic (exact) mass is 689 g/mol. The van der Waals surface area contributed by atoms with Crippen molar-refractivity contribution >= 4 is 17.4 Å². The molecule has 3 unspecified atom stereocenters. The Morgan fingerprint density at radius 1 is 1.02 bits per heavy atom. The molecule has 50 heavy (non-hydrogen) atoms. The van der Waals surface area contributed by atoms with Gasteiger partial charge in [0.15, 0.2) is 11.5 Å². The molecule has 0 spiro atoms. The normalized spacial score (nSPS) is 31.0. The number of hydrogen-bond donors (Lipinski definition) is 1. The molecular weight excluding hydrogens is 638 g/mol. The topological polar surface area (TPSA) is 131 Å². The zero-order chi connectivity index (χ0) is 35.5. The van der Waals surface area contributed by atoms with E-state index in [-0.39, 0.29) is 71.6 Å². The van der Waals surface area contributed by atoms with Crippen molar-refractivity contribution in [3.8, 4) is 17.0 Å². The highest BCUT2D eigenvalue weighted by Crippen LogP contribution is 2.57. The molecule has 2 aromatic rings. The van der Waals surface area contributed by atoms with Gasteiger partial charge in [-0.3, -0.25) is 9.59 Å². The van der Waals surface area contributed by atoms with E-state index < -0.39 is 6.29 Å². The summed E-state index contributed by atoms with van der Waals surface area (Å²) in [4.78, 5) is 27.6. The molecule has 0 bridgehead atoms. The highest BCUT2D eigenvalue weighted by atomic mass is 16.6. The zero-order valence-electron chi connectivity index (χ0n) is 30.0. The quantitative estimate of drug-likeness (QED) is 0.181. The fourth-order valence-electron chi connectivity index (χ4n) is 8.58. The van der Waals surface area contributed by atoms with Gasteiger partial charge in [-0.15, -0.1) is 5.10 Å². The summed E-state index contributed by atoms with van der Waals surface area (Å²) in [6, 6.07) is 7.68. The van der Waals surface area contributed by atoms with Crippen LogP contribution in [0.3, 0.4) is 0 Å². The van der Waals surface area contributed by atoms with E-state index in [1.807, 2.05) is 42.1 Å². The van der Waals surface area contributed by atoms with Crippen LogP contribution in [0.2, 0.25) is 0 Å². The van der Waals surface area contributed by atoms with E-state index in [0.717, 1.165) is 54.7 Å². The second-order valence-corrected chi connectivity index (χ2v) is 14.2. The van der Waals surface area contributed by atoms with Gasteiger partial charge >= 0.3 is 5.97 Å². The van der Waals surface area contributed by atoms with Gasteiger partial charge in [-0.25, -0.2) is 4.68 Å². The molecule has 2 fully saturated rings. The third-order valence-corrected chi connectivity index (χ3v) is 11.3. The molecule has 0 radical (unpaired) electrons. The van der Waals surface area contributed by atoms with Gasteiger partial charge in [-0.2, -0.15) is 0 Å². The van der Waals surface area contributed by atoms with E-state index in [4.69, 9.17) is 23.7 Å². The first-order valence-corrected chi connectivity index (χ1v) is 18.0. The highest BCUT2D eigenvalue weighted by molar-refractivity contribution is 5.98. The van der Waals surface area contributed by atoms with E-state index >= 15 is 0 Å². The predicted molar refractivity (Wildman–Crippen MR) is 186 cm³/mol. The first-order valence-electron chi connectivity index (χ1n) is 18.0. The number of aliphatic hydroxyl groups excluding tert-OH is 1. The van der Waals surface area contributed by atoms with Crippen molar-refractivity contribution in [1.82, 2.24) is 15.0 Å². The summed E-state index contributed by atoms with van der Waals surface area (Å²) in [5, 5.41) is 20.2. The fraction of sp³-hybridized carbons (Fsp3) is 0.590. The third-order valence-electron chi connectivity index (χ3n) is 11.3. The molecule has 11 heteroatoms. The zero-order valence-corrected chi connectivity index (χ0v) is 30.0. The molecule has 1 N–H and O–H groups in total. The van der Waals surface area contributed by atoms with Crippen LogP contribution < -0.4 is 4.74 Å². The number of hydrogen-bond acceptors (Lipinski definition) is 10. The van der Waals surface area contributed by atoms with Crippen molar-refractivity contribution in [3.63, 3.8) is 0 Å². The Morgan fingerprint density at radius 2 is 1.78 bits per heavy atom. The van der Waals surface area contributed by atoms with Crippen LogP contribution >= 0.6 is 0 Å². The molecule has 3 aliphatic carbocycles. The van der Waals surface area contributed by atoms with Crippen LogP contribution in [-0.2, 0) is 28.5 Å². The number of ether oxygens (including phenoxy) is 5. The first kappa shape index (κ1) is 35.9. The number of methoxy groups -OCH3 is 3. The lowest BCUT2D eigenvalue weighted by molar-refractivity contribution is -0.151. The number of Topliss-reactive ketones (excluding diaryl/α,β-unsaturated/α-hetero) is 1. The number of fused-ring (bicyclic) bond motifs is 5. The number of aromatic nitrogens is 3. The summed E-state index contributed by atoms with van der Waals surface area (Å²) in [5.74, 6) is 0.820. The average Bonchev–Trinajstić information content (AvgIpc) is 3.86. The predicted octanol–water partition coefficient (Wildman–Crippen LogP) is 6.34. The summed E-state index contributed by atoms with van der Waals surface area (Å²) in [5.41, 5.74) is 3.33. The molecule has 1 aliphatic heterocycles. The molecule has 2 heterocycles. The van der Waals surface area contributed by atoms with Crippen molar-refractivity contribution in [3.05, 3.63) is 59.7 Å². The minimum Gasteiger partial charge on any atom is -0.498 e. The van der Waals surface area contributed by atoms with Gasteiger partial charge in [0, 0.05) is 29.0 Å². The first-order chi connectivity index (χ1) is 24.1. The lowest BCUT2D eigenvalue weighted by Crippen LogP contribution is -2.33. The Labute approximate surface area is 294 Å². The van der Waals surface area contributed by atoms with Gasteiger partial charge in [0.1, 0.15) is 23.3 Å². The SMILES string of the molecule is CC[C@H]1CCCC[C@@H](C)C(=O)C2=CC3C(C=C(n4cc(-c5ccc(OC)cc5)nn4)C4C[C@@H](O[C@H](O)/C(OC)=C(/C)OC)C[C@H]43)[C@@H]2CC(=O)O1. The number of rotatable bonds is 9. The molecule has 6 rings (SSSR count). The molecule has 1 saturated heterocycles. The van der Waals surface area contributed by atoms with Gasteiger partial charge in [0.05, 0.1) is 40.1 Å². The van der Waals surface area contributed by atoms with Crippen molar-refractivity contribution in [2.75, 3.05) is 21.3 Å².